The third-order valence-corrected chi connectivity index (χ3v) is 3.31. The summed E-state index contributed by atoms with van der Waals surface area (Å²) in [6.07, 6.45) is 4.94. The van der Waals surface area contributed by atoms with E-state index in [-0.39, 0.29) is 5.91 Å². The van der Waals surface area contributed by atoms with Gasteiger partial charge in [0.05, 0.1) is 0 Å². The summed E-state index contributed by atoms with van der Waals surface area (Å²) in [6.45, 7) is 3.91. The molecule has 0 spiro atoms. The fourth-order valence-corrected chi connectivity index (χ4v) is 2.19. The van der Waals surface area contributed by atoms with Crippen molar-refractivity contribution in [2.45, 2.75) is 26.2 Å². The Morgan fingerprint density at radius 2 is 2.29 bits per heavy atom. The zero-order valence-electron chi connectivity index (χ0n) is 10.2. The molecule has 1 amide bonds. The van der Waals surface area contributed by atoms with Gasteiger partial charge in [-0.3, -0.25) is 9.78 Å². The van der Waals surface area contributed by atoms with Gasteiger partial charge in [0.2, 0.25) is 0 Å². The van der Waals surface area contributed by atoms with Gasteiger partial charge in [0, 0.05) is 25.0 Å². The van der Waals surface area contributed by atoms with Crippen LogP contribution in [0.3, 0.4) is 0 Å². The second-order valence-electron chi connectivity index (χ2n) is 4.80. The molecular formula is C13H19N3O. The number of likely N-dealkylation sites (tertiary alicyclic amines) is 1. The van der Waals surface area contributed by atoms with E-state index < -0.39 is 0 Å². The van der Waals surface area contributed by atoms with E-state index in [1.807, 2.05) is 4.90 Å². The van der Waals surface area contributed by atoms with Crippen LogP contribution in [0.2, 0.25) is 0 Å². The van der Waals surface area contributed by atoms with Crippen molar-refractivity contribution >= 4 is 11.6 Å². The van der Waals surface area contributed by atoms with Crippen LogP contribution in [0, 0.1) is 5.92 Å². The SMILES string of the molecule is CC1CCCN(C(=O)c2cc(N)ccn2)CC1. The predicted molar refractivity (Wildman–Crippen MR) is 67.6 cm³/mol. The van der Waals surface area contributed by atoms with E-state index >= 15 is 0 Å². The first-order valence-electron chi connectivity index (χ1n) is 6.17. The Morgan fingerprint density at radius 1 is 1.47 bits per heavy atom. The summed E-state index contributed by atoms with van der Waals surface area (Å²) in [5, 5.41) is 0. The summed E-state index contributed by atoms with van der Waals surface area (Å²) < 4.78 is 0. The molecule has 0 aromatic carbocycles. The molecule has 4 nitrogen and oxygen atoms in total. The van der Waals surface area contributed by atoms with Crippen LogP contribution in [0.4, 0.5) is 5.69 Å². The van der Waals surface area contributed by atoms with Gasteiger partial charge in [-0.15, -0.1) is 0 Å². The lowest BCUT2D eigenvalue weighted by atomic mass is 10.0. The van der Waals surface area contributed by atoms with Crippen LogP contribution in [0.1, 0.15) is 36.7 Å². The average molecular weight is 233 g/mol. The average Bonchev–Trinajstić information content (AvgIpc) is 2.53. The van der Waals surface area contributed by atoms with Crippen molar-refractivity contribution in [1.82, 2.24) is 9.88 Å². The molecule has 1 unspecified atom stereocenters. The van der Waals surface area contributed by atoms with Crippen LogP contribution in [-0.4, -0.2) is 28.9 Å². The van der Waals surface area contributed by atoms with Crippen molar-refractivity contribution in [2.75, 3.05) is 18.8 Å². The zero-order valence-corrected chi connectivity index (χ0v) is 10.2. The molecule has 2 heterocycles. The number of nitrogens with zero attached hydrogens (tertiary/aromatic N) is 2. The van der Waals surface area contributed by atoms with Crippen LogP contribution >= 0.6 is 0 Å². The lowest BCUT2D eigenvalue weighted by Crippen LogP contribution is -2.32. The molecule has 1 aliphatic rings. The van der Waals surface area contributed by atoms with E-state index in [2.05, 4.69) is 11.9 Å². The normalized spacial score (nSPS) is 21.0. The second kappa shape index (κ2) is 5.17. The molecule has 1 aliphatic heterocycles. The van der Waals surface area contributed by atoms with Gasteiger partial charge >= 0.3 is 0 Å². The number of anilines is 1. The molecule has 0 bridgehead atoms. The van der Waals surface area contributed by atoms with Crippen LogP contribution in [-0.2, 0) is 0 Å². The van der Waals surface area contributed by atoms with E-state index in [4.69, 9.17) is 5.73 Å². The highest BCUT2D eigenvalue weighted by molar-refractivity contribution is 5.93. The highest BCUT2D eigenvalue weighted by Crippen LogP contribution is 2.18. The fourth-order valence-electron chi connectivity index (χ4n) is 2.19. The highest BCUT2D eigenvalue weighted by atomic mass is 16.2. The Morgan fingerprint density at radius 3 is 3.06 bits per heavy atom. The minimum absolute atomic E-state index is 0.00593. The molecule has 2 N–H and O–H groups in total. The van der Waals surface area contributed by atoms with Gasteiger partial charge in [0.25, 0.3) is 5.91 Å². The summed E-state index contributed by atoms with van der Waals surface area (Å²) >= 11 is 0. The summed E-state index contributed by atoms with van der Waals surface area (Å²) in [7, 11) is 0. The third kappa shape index (κ3) is 2.96. The molecule has 0 radical (unpaired) electrons. The van der Waals surface area contributed by atoms with Crippen LogP contribution in [0.15, 0.2) is 18.3 Å². The van der Waals surface area contributed by atoms with Crippen molar-refractivity contribution in [1.29, 1.82) is 0 Å². The number of rotatable bonds is 1. The van der Waals surface area contributed by atoms with E-state index in [0.29, 0.717) is 17.3 Å². The van der Waals surface area contributed by atoms with Crippen LogP contribution < -0.4 is 5.73 Å². The van der Waals surface area contributed by atoms with Gasteiger partial charge in [-0.1, -0.05) is 6.92 Å². The summed E-state index contributed by atoms with van der Waals surface area (Å²) in [5.41, 5.74) is 6.72. The molecule has 4 heteroatoms. The van der Waals surface area contributed by atoms with Crippen molar-refractivity contribution in [2.24, 2.45) is 5.92 Å². The van der Waals surface area contributed by atoms with Crippen LogP contribution in [0.5, 0.6) is 0 Å². The minimum atomic E-state index is 0.00593. The molecular weight excluding hydrogens is 214 g/mol. The van der Waals surface area contributed by atoms with E-state index in [1.165, 1.54) is 6.42 Å². The van der Waals surface area contributed by atoms with Gasteiger partial charge in [-0.2, -0.15) is 0 Å². The van der Waals surface area contributed by atoms with Gasteiger partial charge in [-0.05, 0) is 37.3 Å². The van der Waals surface area contributed by atoms with Gasteiger partial charge in [0.1, 0.15) is 5.69 Å². The Balaban J connectivity index is 2.09. The smallest absolute Gasteiger partial charge is 0.272 e. The molecule has 1 saturated heterocycles. The number of nitrogens with two attached hydrogens (primary N) is 1. The lowest BCUT2D eigenvalue weighted by molar-refractivity contribution is 0.0754. The highest BCUT2D eigenvalue weighted by Gasteiger charge is 2.20. The summed E-state index contributed by atoms with van der Waals surface area (Å²) in [4.78, 5) is 18.2. The van der Waals surface area contributed by atoms with Gasteiger partial charge in [0.15, 0.2) is 0 Å². The molecule has 1 atom stereocenters. The minimum Gasteiger partial charge on any atom is -0.399 e. The topological polar surface area (TPSA) is 59.2 Å². The number of carbonyl (C=O) groups excluding carboxylic acids is 1. The van der Waals surface area contributed by atoms with Gasteiger partial charge in [-0.25, -0.2) is 0 Å². The number of nitrogen functional groups attached to an aromatic ring is 1. The molecule has 92 valence electrons. The maximum atomic E-state index is 12.2. The maximum Gasteiger partial charge on any atom is 0.272 e. The van der Waals surface area contributed by atoms with Crippen molar-refractivity contribution in [3.8, 4) is 0 Å². The molecule has 17 heavy (non-hydrogen) atoms. The summed E-state index contributed by atoms with van der Waals surface area (Å²) in [5.74, 6) is 0.716. The number of pyridine rings is 1. The number of hydrogen-bond donors (Lipinski definition) is 1. The van der Waals surface area contributed by atoms with E-state index in [1.54, 1.807) is 18.3 Å². The molecule has 1 aromatic rings. The van der Waals surface area contributed by atoms with Crippen molar-refractivity contribution in [3.63, 3.8) is 0 Å². The van der Waals surface area contributed by atoms with Crippen molar-refractivity contribution in [3.05, 3.63) is 24.0 Å². The van der Waals surface area contributed by atoms with Crippen molar-refractivity contribution < 1.29 is 4.79 Å². The quantitative estimate of drug-likeness (QED) is 0.806. The third-order valence-electron chi connectivity index (χ3n) is 3.31. The fraction of sp³-hybridized carbons (Fsp3) is 0.538. The van der Waals surface area contributed by atoms with E-state index in [9.17, 15) is 4.79 Å². The van der Waals surface area contributed by atoms with E-state index in [0.717, 1.165) is 25.9 Å². The first-order chi connectivity index (χ1) is 8.16. The molecule has 2 rings (SSSR count). The lowest BCUT2D eigenvalue weighted by Gasteiger charge is -2.19. The number of hydrogen-bond acceptors (Lipinski definition) is 3. The Kier molecular flexibility index (Phi) is 3.61. The Labute approximate surface area is 102 Å². The Bertz CT molecular complexity index is 405. The standard InChI is InChI=1S/C13H19N3O/c1-10-3-2-7-16(8-5-10)13(17)12-9-11(14)4-6-15-12/h4,6,9-10H,2-3,5,7-8H2,1H3,(H2,14,15). The maximum absolute atomic E-state index is 12.2. The number of carbonyl (C=O) groups is 1. The first kappa shape index (κ1) is 11.9. The monoisotopic (exact) mass is 233 g/mol. The van der Waals surface area contributed by atoms with Crippen LogP contribution in [0.25, 0.3) is 0 Å². The zero-order chi connectivity index (χ0) is 12.3. The molecule has 1 aromatic heterocycles. The van der Waals surface area contributed by atoms with Gasteiger partial charge < -0.3 is 10.6 Å². The largest absolute Gasteiger partial charge is 0.399 e. The molecule has 0 aliphatic carbocycles. The predicted octanol–water partition coefficient (Wildman–Crippen LogP) is 1.93. The number of aromatic nitrogens is 1. The number of amides is 1. The Hall–Kier alpha value is -1.58. The molecule has 0 saturated carbocycles. The molecule has 1 fully saturated rings. The summed E-state index contributed by atoms with van der Waals surface area (Å²) in [6, 6.07) is 3.35. The second-order valence-corrected chi connectivity index (χ2v) is 4.80. The first-order valence-corrected chi connectivity index (χ1v) is 6.17.